The Kier molecular flexibility index (Phi) is 7.08. The molecule has 1 aromatic heterocycles. The summed E-state index contributed by atoms with van der Waals surface area (Å²) in [4.78, 5) is 24.3. The van der Waals surface area contributed by atoms with Crippen LogP contribution in [0.4, 0.5) is 4.79 Å². The second-order valence-electron chi connectivity index (χ2n) is 7.10. The number of amides is 3. The summed E-state index contributed by atoms with van der Waals surface area (Å²) in [6.45, 7) is 4.85. The number of aromatic nitrogens is 3. The molecule has 1 aliphatic carbocycles. The molecule has 1 aromatic carbocycles. The number of imide groups is 1. The summed E-state index contributed by atoms with van der Waals surface area (Å²) < 4.78 is 1.97. The summed E-state index contributed by atoms with van der Waals surface area (Å²) in [6, 6.07) is 9.56. The summed E-state index contributed by atoms with van der Waals surface area (Å²) in [7, 11) is 0. The van der Waals surface area contributed by atoms with E-state index in [0.29, 0.717) is 17.6 Å². The average molecular weight is 402 g/mol. The minimum Gasteiger partial charge on any atom is -0.335 e. The normalized spacial score (nSPS) is 19.2. The second kappa shape index (κ2) is 9.73. The van der Waals surface area contributed by atoms with Crippen LogP contribution in [0.3, 0.4) is 0 Å². The maximum absolute atomic E-state index is 12.2. The van der Waals surface area contributed by atoms with Crippen molar-refractivity contribution in [1.29, 1.82) is 0 Å². The molecule has 3 amide bonds. The third-order valence-electron chi connectivity index (χ3n) is 5.08. The van der Waals surface area contributed by atoms with Gasteiger partial charge in [0.15, 0.2) is 11.0 Å². The van der Waals surface area contributed by atoms with Crippen molar-refractivity contribution in [2.24, 2.45) is 5.92 Å². The van der Waals surface area contributed by atoms with Crippen LogP contribution in [0, 0.1) is 5.92 Å². The first-order valence-corrected chi connectivity index (χ1v) is 10.8. The fourth-order valence-electron chi connectivity index (χ4n) is 3.51. The van der Waals surface area contributed by atoms with Gasteiger partial charge in [-0.3, -0.25) is 10.1 Å². The maximum atomic E-state index is 12.2. The van der Waals surface area contributed by atoms with Gasteiger partial charge in [0, 0.05) is 18.2 Å². The van der Waals surface area contributed by atoms with Crippen LogP contribution in [0.2, 0.25) is 0 Å². The second-order valence-corrected chi connectivity index (χ2v) is 8.04. The Morgan fingerprint density at radius 1 is 1.18 bits per heavy atom. The lowest BCUT2D eigenvalue weighted by Crippen LogP contribution is -2.48. The third kappa shape index (κ3) is 5.13. The molecule has 2 aromatic rings. The van der Waals surface area contributed by atoms with E-state index in [9.17, 15) is 9.59 Å². The zero-order chi connectivity index (χ0) is 19.9. The van der Waals surface area contributed by atoms with Crippen molar-refractivity contribution in [3.8, 4) is 11.4 Å². The van der Waals surface area contributed by atoms with Gasteiger partial charge in [0.1, 0.15) is 0 Å². The monoisotopic (exact) mass is 401 g/mol. The topological polar surface area (TPSA) is 88.9 Å². The number of benzene rings is 1. The standard InChI is InChI=1S/C20H27N5O2S/c1-3-25-18(15-10-5-4-6-11-15)23-24-20(25)28-13-17(26)22-19(27)21-16-12-8-7-9-14(16)2/h4-6,10-11,14,16H,3,7-9,12-13H2,1-2H3,(H2,21,22,26,27)/t14-,16-/m1/s1. The van der Waals surface area contributed by atoms with Gasteiger partial charge in [-0.15, -0.1) is 10.2 Å². The van der Waals surface area contributed by atoms with Crippen molar-refractivity contribution in [3.05, 3.63) is 30.3 Å². The van der Waals surface area contributed by atoms with E-state index in [2.05, 4.69) is 27.8 Å². The van der Waals surface area contributed by atoms with E-state index in [-0.39, 0.29) is 17.7 Å². The Morgan fingerprint density at radius 2 is 1.93 bits per heavy atom. The highest BCUT2D eigenvalue weighted by Gasteiger charge is 2.23. The van der Waals surface area contributed by atoms with Crippen LogP contribution in [-0.2, 0) is 11.3 Å². The van der Waals surface area contributed by atoms with Gasteiger partial charge in [0.2, 0.25) is 5.91 Å². The number of rotatable bonds is 6. The summed E-state index contributed by atoms with van der Waals surface area (Å²) in [5.41, 5.74) is 0.981. The number of nitrogens with zero attached hydrogens (tertiary/aromatic N) is 3. The zero-order valence-electron chi connectivity index (χ0n) is 16.4. The van der Waals surface area contributed by atoms with Crippen LogP contribution in [0.15, 0.2) is 35.5 Å². The van der Waals surface area contributed by atoms with E-state index in [0.717, 1.165) is 30.7 Å². The van der Waals surface area contributed by atoms with Gasteiger partial charge in [-0.05, 0) is 25.7 Å². The molecule has 8 heteroatoms. The lowest BCUT2D eigenvalue weighted by atomic mass is 9.86. The van der Waals surface area contributed by atoms with Crippen LogP contribution in [-0.4, -0.2) is 38.5 Å². The Balaban J connectivity index is 1.53. The summed E-state index contributed by atoms with van der Waals surface area (Å²) in [5, 5.41) is 14.5. The van der Waals surface area contributed by atoms with E-state index in [1.54, 1.807) is 0 Å². The van der Waals surface area contributed by atoms with Gasteiger partial charge in [-0.1, -0.05) is 61.9 Å². The van der Waals surface area contributed by atoms with Crippen molar-refractivity contribution in [2.75, 3.05) is 5.75 Å². The van der Waals surface area contributed by atoms with Crippen LogP contribution < -0.4 is 10.6 Å². The molecule has 0 aliphatic heterocycles. The van der Waals surface area contributed by atoms with Gasteiger partial charge in [-0.25, -0.2) is 4.79 Å². The molecule has 2 N–H and O–H groups in total. The van der Waals surface area contributed by atoms with Crippen molar-refractivity contribution >= 4 is 23.7 Å². The lowest BCUT2D eigenvalue weighted by Gasteiger charge is -2.29. The van der Waals surface area contributed by atoms with E-state index < -0.39 is 6.03 Å². The van der Waals surface area contributed by atoms with Gasteiger partial charge in [0.05, 0.1) is 5.75 Å². The van der Waals surface area contributed by atoms with Crippen molar-refractivity contribution in [3.63, 3.8) is 0 Å². The van der Waals surface area contributed by atoms with Crippen molar-refractivity contribution in [1.82, 2.24) is 25.4 Å². The number of urea groups is 1. The number of thioether (sulfide) groups is 1. The average Bonchev–Trinajstić information content (AvgIpc) is 3.11. The first-order valence-electron chi connectivity index (χ1n) is 9.80. The molecule has 2 atom stereocenters. The van der Waals surface area contributed by atoms with Crippen LogP contribution in [0.1, 0.15) is 39.5 Å². The summed E-state index contributed by atoms with van der Waals surface area (Å²) in [5.74, 6) is 0.997. The number of hydrogen-bond acceptors (Lipinski definition) is 5. The molecule has 3 rings (SSSR count). The van der Waals surface area contributed by atoms with E-state index in [4.69, 9.17) is 0 Å². The number of carbonyl (C=O) groups excluding carboxylic acids is 2. The van der Waals surface area contributed by atoms with Gasteiger partial charge in [0.25, 0.3) is 0 Å². The smallest absolute Gasteiger partial charge is 0.321 e. The highest BCUT2D eigenvalue weighted by atomic mass is 32.2. The Hall–Kier alpha value is -2.35. The van der Waals surface area contributed by atoms with Gasteiger partial charge >= 0.3 is 6.03 Å². The molecule has 1 heterocycles. The highest BCUT2D eigenvalue weighted by molar-refractivity contribution is 7.99. The quantitative estimate of drug-likeness (QED) is 0.724. The largest absolute Gasteiger partial charge is 0.335 e. The Morgan fingerprint density at radius 3 is 2.64 bits per heavy atom. The number of carbonyl (C=O) groups is 2. The Labute approximate surface area is 169 Å². The third-order valence-corrected chi connectivity index (χ3v) is 6.05. The molecule has 1 fully saturated rings. The van der Waals surface area contributed by atoms with Crippen molar-refractivity contribution in [2.45, 2.75) is 57.3 Å². The van der Waals surface area contributed by atoms with E-state index in [1.807, 2.05) is 41.8 Å². The molecule has 1 saturated carbocycles. The molecular formula is C20H27N5O2S. The molecular weight excluding hydrogens is 374 g/mol. The SMILES string of the molecule is CCn1c(SCC(=O)NC(=O)N[C@@H]2CCCC[C@H]2C)nnc1-c1ccccc1. The molecule has 1 aliphatic rings. The van der Waals surface area contributed by atoms with Crippen LogP contribution in [0.5, 0.6) is 0 Å². The highest BCUT2D eigenvalue weighted by Crippen LogP contribution is 2.24. The predicted molar refractivity (Wildman–Crippen MR) is 110 cm³/mol. The minimum absolute atomic E-state index is 0.112. The fraction of sp³-hybridized carbons (Fsp3) is 0.500. The van der Waals surface area contributed by atoms with E-state index >= 15 is 0 Å². The molecule has 0 unspecified atom stereocenters. The molecule has 28 heavy (non-hydrogen) atoms. The first-order chi connectivity index (χ1) is 13.6. The van der Waals surface area contributed by atoms with E-state index in [1.165, 1.54) is 18.2 Å². The predicted octanol–water partition coefficient (Wildman–Crippen LogP) is 3.46. The molecule has 0 saturated heterocycles. The van der Waals surface area contributed by atoms with Gasteiger partial charge < -0.3 is 9.88 Å². The van der Waals surface area contributed by atoms with Crippen molar-refractivity contribution < 1.29 is 9.59 Å². The maximum Gasteiger partial charge on any atom is 0.321 e. The fourth-order valence-corrected chi connectivity index (χ4v) is 4.31. The first kappa shape index (κ1) is 20.4. The Bertz CT molecular complexity index is 808. The van der Waals surface area contributed by atoms with Crippen LogP contribution in [0.25, 0.3) is 11.4 Å². The summed E-state index contributed by atoms with van der Waals surface area (Å²) >= 11 is 1.28. The zero-order valence-corrected chi connectivity index (χ0v) is 17.2. The molecule has 0 bridgehead atoms. The molecule has 0 spiro atoms. The molecule has 0 radical (unpaired) electrons. The molecule has 150 valence electrons. The summed E-state index contributed by atoms with van der Waals surface area (Å²) in [6.07, 6.45) is 4.42. The minimum atomic E-state index is -0.411. The number of hydrogen-bond donors (Lipinski definition) is 2. The van der Waals surface area contributed by atoms with Crippen LogP contribution >= 0.6 is 11.8 Å². The lowest BCUT2D eigenvalue weighted by molar-refractivity contribution is -0.117. The number of nitrogens with one attached hydrogen (secondary N) is 2. The molecule has 7 nitrogen and oxygen atoms in total. The van der Waals surface area contributed by atoms with Gasteiger partial charge in [-0.2, -0.15) is 0 Å².